The van der Waals surface area contributed by atoms with Gasteiger partial charge < -0.3 is 15.5 Å². The van der Waals surface area contributed by atoms with Crippen LogP contribution in [-0.2, 0) is 19.6 Å². The minimum Gasteiger partial charge on any atom is -0.334 e. The number of carbonyl (C=O) groups excluding carboxylic acids is 1. The van der Waals surface area contributed by atoms with Crippen LogP contribution >= 0.6 is 0 Å². The predicted octanol–water partition coefficient (Wildman–Crippen LogP) is 3.32. The number of anilines is 1. The number of nitrogens with zero attached hydrogens (tertiary/aromatic N) is 4. The van der Waals surface area contributed by atoms with Gasteiger partial charge in [-0.15, -0.1) is 5.10 Å². The molecule has 170 valence electrons. The van der Waals surface area contributed by atoms with Crippen LogP contribution in [-0.4, -0.2) is 38.7 Å². The van der Waals surface area contributed by atoms with E-state index >= 15 is 0 Å². The highest BCUT2D eigenvalue weighted by Crippen LogP contribution is 2.12. The maximum atomic E-state index is 12.5. The van der Waals surface area contributed by atoms with Crippen LogP contribution in [0.3, 0.4) is 0 Å². The van der Waals surface area contributed by atoms with Crippen molar-refractivity contribution in [3.8, 4) is 0 Å². The van der Waals surface area contributed by atoms with Gasteiger partial charge in [-0.2, -0.15) is 0 Å². The van der Waals surface area contributed by atoms with Crippen molar-refractivity contribution in [2.24, 2.45) is 0 Å². The molecule has 0 atom stereocenters. The molecular formula is C25H28N6O2. The number of urea groups is 1. The highest BCUT2D eigenvalue weighted by molar-refractivity contribution is 5.89. The minimum absolute atomic E-state index is 0.200. The number of hydrogen-bond donors (Lipinski definition) is 2. The second-order valence-electron chi connectivity index (χ2n) is 8.03. The normalized spacial score (nSPS) is 11.1. The quantitative estimate of drug-likeness (QED) is 0.437. The van der Waals surface area contributed by atoms with E-state index in [1.165, 1.54) is 14.6 Å². The number of benzene rings is 2. The first-order chi connectivity index (χ1) is 16.0. The van der Waals surface area contributed by atoms with E-state index in [-0.39, 0.29) is 11.7 Å². The average molecular weight is 445 g/mol. The molecule has 8 heteroatoms. The highest BCUT2D eigenvalue weighted by atomic mass is 16.2. The summed E-state index contributed by atoms with van der Waals surface area (Å²) in [4.78, 5) is 27.2. The molecule has 2 heterocycles. The average Bonchev–Trinajstić information content (AvgIpc) is 3.13. The van der Waals surface area contributed by atoms with Crippen molar-refractivity contribution in [1.82, 2.24) is 24.4 Å². The molecule has 0 fully saturated rings. The summed E-state index contributed by atoms with van der Waals surface area (Å²) >= 11 is 0. The van der Waals surface area contributed by atoms with Gasteiger partial charge in [-0.25, -0.2) is 14.3 Å². The van der Waals surface area contributed by atoms with E-state index in [4.69, 9.17) is 0 Å². The molecule has 4 rings (SSSR count). The maximum Gasteiger partial charge on any atom is 0.350 e. The van der Waals surface area contributed by atoms with Crippen molar-refractivity contribution in [3.05, 3.63) is 100 Å². The maximum absolute atomic E-state index is 12.5. The minimum atomic E-state index is -0.284. The van der Waals surface area contributed by atoms with E-state index in [1.54, 1.807) is 18.3 Å². The van der Waals surface area contributed by atoms with Gasteiger partial charge in [0.25, 0.3) is 0 Å². The van der Waals surface area contributed by atoms with Gasteiger partial charge >= 0.3 is 11.7 Å². The zero-order chi connectivity index (χ0) is 23.2. The van der Waals surface area contributed by atoms with Crippen LogP contribution in [0.15, 0.2) is 77.7 Å². The first kappa shape index (κ1) is 22.3. The fraction of sp³-hybridized carbons (Fsp3) is 0.240. The number of rotatable bonds is 8. The van der Waals surface area contributed by atoms with Gasteiger partial charge in [0.05, 0.1) is 6.54 Å². The first-order valence-corrected chi connectivity index (χ1v) is 11.0. The third-order valence-electron chi connectivity index (χ3n) is 5.44. The second kappa shape index (κ2) is 10.1. The van der Waals surface area contributed by atoms with E-state index in [2.05, 4.69) is 46.7 Å². The van der Waals surface area contributed by atoms with Crippen LogP contribution in [0, 0.1) is 0 Å². The summed E-state index contributed by atoms with van der Waals surface area (Å²) in [5.74, 6) is 0. The van der Waals surface area contributed by atoms with Crippen molar-refractivity contribution in [2.75, 3.05) is 18.9 Å². The predicted molar refractivity (Wildman–Crippen MR) is 129 cm³/mol. The van der Waals surface area contributed by atoms with Gasteiger partial charge in [0, 0.05) is 25.0 Å². The molecule has 0 unspecified atom stereocenters. The SMILES string of the molecule is CCN(C)Cc1cccc(CNC(=O)Nc2cccc(Cn3nc4ccccn4c3=O)c2)c1. The van der Waals surface area contributed by atoms with Gasteiger partial charge in [0.2, 0.25) is 0 Å². The monoisotopic (exact) mass is 444 g/mol. The van der Waals surface area contributed by atoms with E-state index in [1.807, 2.05) is 42.5 Å². The standard InChI is InChI=1S/C25H28N6O2/c1-3-29(2)17-20-9-6-8-19(14-20)16-26-24(32)27-22-11-7-10-21(15-22)18-31-25(33)30-13-5-4-12-23(30)28-31/h4-15H,3,16-18H2,1-2H3,(H2,26,27,32). The van der Waals surface area contributed by atoms with Crippen molar-refractivity contribution >= 4 is 17.4 Å². The lowest BCUT2D eigenvalue weighted by atomic mass is 10.1. The molecule has 0 aliphatic heterocycles. The number of hydrogen-bond acceptors (Lipinski definition) is 4. The summed E-state index contributed by atoms with van der Waals surface area (Å²) in [6, 6.07) is 20.8. The molecule has 2 N–H and O–H groups in total. The van der Waals surface area contributed by atoms with Crippen molar-refractivity contribution in [3.63, 3.8) is 0 Å². The topological polar surface area (TPSA) is 83.7 Å². The number of amides is 2. The molecule has 0 bridgehead atoms. The molecule has 4 aromatic rings. The second-order valence-corrected chi connectivity index (χ2v) is 8.03. The van der Waals surface area contributed by atoms with Gasteiger partial charge in [-0.05, 0) is 54.5 Å². The van der Waals surface area contributed by atoms with Crippen molar-refractivity contribution < 1.29 is 4.79 Å². The van der Waals surface area contributed by atoms with E-state index in [0.29, 0.717) is 24.4 Å². The number of pyridine rings is 1. The lowest BCUT2D eigenvalue weighted by molar-refractivity contribution is 0.251. The third-order valence-corrected chi connectivity index (χ3v) is 5.44. The Morgan fingerprint density at radius 1 is 1.00 bits per heavy atom. The molecule has 0 spiro atoms. The summed E-state index contributed by atoms with van der Waals surface area (Å²) in [5.41, 5.74) is 4.18. The summed E-state index contributed by atoms with van der Waals surface area (Å²) in [5, 5.41) is 10.1. The summed E-state index contributed by atoms with van der Waals surface area (Å²) in [6.45, 7) is 4.73. The molecule has 33 heavy (non-hydrogen) atoms. The fourth-order valence-electron chi connectivity index (χ4n) is 3.61. The molecule has 0 saturated heterocycles. The summed E-state index contributed by atoms with van der Waals surface area (Å²) in [7, 11) is 2.08. The Bertz CT molecular complexity index is 1310. The Hall–Kier alpha value is -3.91. The lowest BCUT2D eigenvalue weighted by Gasteiger charge is -2.14. The Kier molecular flexibility index (Phi) is 6.85. The van der Waals surface area contributed by atoms with Crippen LogP contribution in [0.5, 0.6) is 0 Å². The Labute approximate surface area is 192 Å². The molecule has 8 nitrogen and oxygen atoms in total. The molecule has 0 saturated carbocycles. The smallest absolute Gasteiger partial charge is 0.334 e. The van der Waals surface area contributed by atoms with Gasteiger partial charge in [-0.1, -0.05) is 49.4 Å². The van der Waals surface area contributed by atoms with Crippen LogP contribution in [0.4, 0.5) is 10.5 Å². The third kappa shape index (κ3) is 5.67. The molecule has 2 amide bonds. The first-order valence-electron chi connectivity index (χ1n) is 11.0. The zero-order valence-electron chi connectivity index (χ0n) is 18.9. The Morgan fingerprint density at radius 2 is 1.79 bits per heavy atom. The highest BCUT2D eigenvalue weighted by Gasteiger charge is 2.08. The van der Waals surface area contributed by atoms with Crippen molar-refractivity contribution in [1.29, 1.82) is 0 Å². The van der Waals surface area contributed by atoms with Crippen molar-refractivity contribution in [2.45, 2.75) is 26.6 Å². The molecule has 2 aromatic heterocycles. The van der Waals surface area contributed by atoms with E-state index in [9.17, 15) is 9.59 Å². The number of fused-ring (bicyclic) bond motifs is 1. The zero-order valence-corrected chi connectivity index (χ0v) is 18.9. The summed E-state index contributed by atoms with van der Waals surface area (Å²) in [6.07, 6.45) is 1.70. The molecule has 0 aliphatic carbocycles. The molecular weight excluding hydrogens is 416 g/mol. The van der Waals surface area contributed by atoms with Crippen LogP contribution in [0.25, 0.3) is 5.65 Å². The van der Waals surface area contributed by atoms with E-state index in [0.717, 1.165) is 24.2 Å². The molecule has 2 aromatic carbocycles. The van der Waals surface area contributed by atoms with Crippen LogP contribution in [0.1, 0.15) is 23.6 Å². The molecule has 0 radical (unpaired) electrons. The number of aromatic nitrogens is 3. The largest absolute Gasteiger partial charge is 0.350 e. The fourth-order valence-corrected chi connectivity index (χ4v) is 3.61. The van der Waals surface area contributed by atoms with Crippen LogP contribution < -0.4 is 16.3 Å². The summed E-state index contributed by atoms with van der Waals surface area (Å²) < 4.78 is 2.92. The Morgan fingerprint density at radius 3 is 2.61 bits per heavy atom. The van der Waals surface area contributed by atoms with Gasteiger partial charge in [-0.3, -0.25) is 4.40 Å². The number of nitrogens with one attached hydrogen (secondary N) is 2. The lowest BCUT2D eigenvalue weighted by Crippen LogP contribution is -2.28. The van der Waals surface area contributed by atoms with E-state index < -0.39 is 0 Å². The number of carbonyl (C=O) groups is 1. The van der Waals surface area contributed by atoms with Crippen LogP contribution in [0.2, 0.25) is 0 Å². The van der Waals surface area contributed by atoms with Gasteiger partial charge in [0.1, 0.15) is 0 Å². The molecule has 0 aliphatic rings. The Balaban J connectivity index is 1.36. The van der Waals surface area contributed by atoms with Gasteiger partial charge in [0.15, 0.2) is 5.65 Å².